The van der Waals surface area contributed by atoms with Gasteiger partial charge in [0.1, 0.15) is 6.23 Å². The Bertz CT molecular complexity index is 536. The van der Waals surface area contributed by atoms with Gasteiger partial charge in [-0.25, -0.2) is 0 Å². The summed E-state index contributed by atoms with van der Waals surface area (Å²) in [5, 5.41) is 13.1. The summed E-state index contributed by atoms with van der Waals surface area (Å²) in [6.07, 6.45) is 10.1. The van der Waals surface area contributed by atoms with Gasteiger partial charge in [0, 0.05) is 5.69 Å². The summed E-state index contributed by atoms with van der Waals surface area (Å²) in [5.41, 5.74) is 4.96. The van der Waals surface area contributed by atoms with E-state index in [9.17, 15) is 5.11 Å². The molecule has 1 aromatic carbocycles. The van der Waals surface area contributed by atoms with Crippen LogP contribution in [0.1, 0.15) is 53.4 Å². The fourth-order valence-corrected chi connectivity index (χ4v) is 2.34. The predicted octanol–water partition coefficient (Wildman–Crippen LogP) is 5.84. The molecule has 1 aromatic rings. The van der Waals surface area contributed by atoms with Crippen LogP contribution < -0.4 is 5.32 Å². The third kappa shape index (κ3) is 9.75. The largest absolute Gasteiger partial charge is 0.370 e. The van der Waals surface area contributed by atoms with E-state index in [1.807, 2.05) is 36.4 Å². The minimum atomic E-state index is -0.639. The normalized spacial score (nSPS) is 13.6. The van der Waals surface area contributed by atoms with E-state index in [0.29, 0.717) is 0 Å². The van der Waals surface area contributed by atoms with Gasteiger partial charge in [0.25, 0.3) is 0 Å². The van der Waals surface area contributed by atoms with E-state index in [-0.39, 0.29) is 0 Å². The molecule has 0 saturated carbocycles. The molecule has 0 aliphatic carbocycles. The molecule has 0 bridgehead atoms. The fourth-order valence-electron chi connectivity index (χ4n) is 2.34. The molecule has 0 aliphatic heterocycles. The maximum atomic E-state index is 10.0. The lowest BCUT2D eigenvalue weighted by atomic mass is 10.1. The molecule has 0 heterocycles. The van der Waals surface area contributed by atoms with Crippen LogP contribution in [0.5, 0.6) is 0 Å². The standard InChI is InChI=1S/C21H31NO/c1-17(2)10-8-11-18(3)12-9-13-19(4)16-21(23)22-20-14-6-5-7-15-20/h5-7,10,12,14-16,21-23H,8-9,11,13H2,1-4H3. The lowest BCUT2D eigenvalue weighted by molar-refractivity contribution is 0.251. The van der Waals surface area contributed by atoms with Crippen LogP contribution in [-0.2, 0) is 0 Å². The van der Waals surface area contributed by atoms with Gasteiger partial charge in [-0.15, -0.1) is 0 Å². The van der Waals surface area contributed by atoms with Crippen LogP contribution in [0, 0.1) is 0 Å². The molecule has 0 spiro atoms. The number of benzene rings is 1. The number of hydrogen-bond donors (Lipinski definition) is 2. The Morgan fingerprint density at radius 2 is 1.57 bits per heavy atom. The van der Waals surface area contributed by atoms with Crippen LogP contribution in [-0.4, -0.2) is 11.3 Å². The van der Waals surface area contributed by atoms with E-state index in [1.165, 1.54) is 16.7 Å². The average Bonchev–Trinajstić information content (AvgIpc) is 2.47. The fraction of sp³-hybridized carbons (Fsp3) is 0.429. The van der Waals surface area contributed by atoms with E-state index in [4.69, 9.17) is 0 Å². The van der Waals surface area contributed by atoms with Crippen LogP contribution in [0.15, 0.2) is 65.3 Å². The second-order valence-electron chi connectivity index (χ2n) is 6.38. The first-order valence-electron chi connectivity index (χ1n) is 8.43. The number of para-hydroxylation sites is 1. The Labute approximate surface area is 141 Å². The highest BCUT2D eigenvalue weighted by Crippen LogP contribution is 2.13. The van der Waals surface area contributed by atoms with E-state index in [2.05, 4.69) is 45.2 Å². The van der Waals surface area contributed by atoms with Crippen molar-refractivity contribution in [3.63, 3.8) is 0 Å². The molecule has 0 saturated heterocycles. The van der Waals surface area contributed by atoms with Crippen molar-refractivity contribution >= 4 is 5.69 Å². The first kappa shape index (κ1) is 19.2. The molecule has 1 atom stereocenters. The number of aliphatic hydroxyl groups is 1. The van der Waals surface area contributed by atoms with E-state index in [0.717, 1.165) is 31.4 Å². The van der Waals surface area contributed by atoms with E-state index >= 15 is 0 Å². The summed E-state index contributed by atoms with van der Waals surface area (Å²) in [7, 11) is 0. The third-order valence-corrected chi connectivity index (χ3v) is 3.65. The molecule has 0 amide bonds. The summed E-state index contributed by atoms with van der Waals surface area (Å²) in [6.45, 7) is 8.55. The Hall–Kier alpha value is -1.80. The maximum Gasteiger partial charge on any atom is 0.144 e. The summed E-state index contributed by atoms with van der Waals surface area (Å²) in [5.74, 6) is 0. The van der Waals surface area contributed by atoms with Gasteiger partial charge in [0.05, 0.1) is 0 Å². The van der Waals surface area contributed by atoms with Crippen molar-refractivity contribution < 1.29 is 5.11 Å². The number of allylic oxidation sites excluding steroid dienone is 5. The third-order valence-electron chi connectivity index (χ3n) is 3.65. The van der Waals surface area contributed by atoms with Crippen molar-refractivity contribution in [2.24, 2.45) is 0 Å². The summed E-state index contributed by atoms with van der Waals surface area (Å²) >= 11 is 0. The van der Waals surface area contributed by atoms with Gasteiger partial charge < -0.3 is 10.4 Å². The topological polar surface area (TPSA) is 32.3 Å². The van der Waals surface area contributed by atoms with Gasteiger partial charge in [-0.05, 0) is 71.6 Å². The molecule has 2 heteroatoms. The van der Waals surface area contributed by atoms with E-state index < -0.39 is 6.23 Å². The van der Waals surface area contributed by atoms with Crippen LogP contribution in [0.25, 0.3) is 0 Å². The number of aliphatic hydroxyl groups excluding tert-OH is 1. The van der Waals surface area contributed by atoms with Gasteiger partial charge in [-0.3, -0.25) is 0 Å². The second kappa shape index (κ2) is 10.8. The maximum absolute atomic E-state index is 10.0. The monoisotopic (exact) mass is 313 g/mol. The molecular formula is C21H31NO. The second-order valence-corrected chi connectivity index (χ2v) is 6.38. The molecular weight excluding hydrogens is 282 g/mol. The zero-order valence-electron chi connectivity index (χ0n) is 15.0. The Kier molecular flexibility index (Phi) is 9.08. The highest BCUT2D eigenvalue weighted by molar-refractivity contribution is 5.43. The van der Waals surface area contributed by atoms with Gasteiger partial charge in [0.15, 0.2) is 0 Å². The van der Waals surface area contributed by atoms with Gasteiger partial charge in [-0.2, -0.15) is 0 Å². The molecule has 0 fully saturated rings. The average molecular weight is 313 g/mol. The van der Waals surface area contributed by atoms with Crippen LogP contribution >= 0.6 is 0 Å². The molecule has 2 nitrogen and oxygen atoms in total. The van der Waals surface area contributed by atoms with Gasteiger partial charge >= 0.3 is 0 Å². The Balaban J connectivity index is 2.34. The highest BCUT2D eigenvalue weighted by atomic mass is 16.3. The Morgan fingerprint density at radius 1 is 0.957 bits per heavy atom. The first-order valence-corrected chi connectivity index (χ1v) is 8.43. The lowest BCUT2D eigenvalue weighted by Crippen LogP contribution is -2.15. The molecule has 0 aromatic heterocycles. The zero-order valence-corrected chi connectivity index (χ0v) is 15.0. The van der Waals surface area contributed by atoms with Crippen LogP contribution in [0.2, 0.25) is 0 Å². The minimum absolute atomic E-state index is 0.639. The number of anilines is 1. The number of hydrogen-bond acceptors (Lipinski definition) is 2. The molecule has 1 rings (SSSR count). The first-order chi connectivity index (χ1) is 11.0. The smallest absolute Gasteiger partial charge is 0.144 e. The quantitative estimate of drug-likeness (QED) is 0.443. The molecule has 0 aliphatic rings. The van der Waals surface area contributed by atoms with Gasteiger partial charge in [-0.1, -0.05) is 47.1 Å². The summed E-state index contributed by atoms with van der Waals surface area (Å²) in [4.78, 5) is 0. The molecule has 126 valence electrons. The van der Waals surface area contributed by atoms with E-state index in [1.54, 1.807) is 0 Å². The summed E-state index contributed by atoms with van der Waals surface area (Å²) in [6, 6.07) is 9.77. The number of rotatable bonds is 9. The molecule has 23 heavy (non-hydrogen) atoms. The van der Waals surface area contributed by atoms with Crippen LogP contribution in [0.3, 0.4) is 0 Å². The highest BCUT2D eigenvalue weighted by Gasteiger charge is 2.00. The van der Waals surface area contributed by atoms with Gasteiger partial charge in [0.2, 0.25) is 0 Å². The van der Waals surface area contributed by atoms with Crippen molar-refractivity contribution in [3.05, 3.63) is 65.3 Å². The number of nitrogens with one attached hydrogen (secondary N) is 1. The molecule has 2 N–H and O–H groups in total. The molecule has 0 radical (unpaired) electrons. The zero-order chi connectivity index (χ0) is 17.1. The molecule has 1 unspecified atom stereocenters. The minimum Gasteiger partial charge on any atom is -0.370 e. The summed E-state index contributed by atoms with van der Waals surface area (Å²) < 4.78 is 0. The Morgan fingerprint density at radius 3 is 2.22 bits per heavy atom. The van der Waals surface area contributed by atoms with Crippen molar-refractivity contribution in [1.29, 1.82) is 0 Å². The van der Waals surface area contributed by atoms with Crippen molar-refractivity contribution in [1.82, 2.24) is 0 Å². The predicted molar refractivity (Wildman–Crippen MR) is 101 cm³/mol. The van der Waals surface area contributed by atoms with Crippen LogP contribution in [0.4, 0.5) is 5.69 Å². The van der Waals surface area contributed by atoms with Crippen molar-refractivity contribution in [2.45, 2.75) is 59.6 Å². The van der Waals surface area contributed by atoms with Crippen molar-refractivity contribution in [3.8, 4) is 0 Å². The van der Waals surface area contributed by atoms with Crippen molar-refractivity contribution in [2.75, 3.05) is 5.32 Å². The lowest BCUT2D eigenvalue weighted by Gasteiger charge is -2.11. The SMILES string of the molecule is CC(C)=CCCC(C)=CCCC(C)=CC(O)Nc1ccccc1.